The fourth-order valence-corrected chi connectivity index (χ4v) is 9.22. The van der Waals surface area contributed by atoms with E-state index in [-0.39, 0.29) is 5.91 Å². The maximum Gasteiger partial charge on any atom is 0.242 e. The second-order valence-corrected chi connectivity index (χ2v) is 11.0. The molecule has 0 N–H and O–H groups in total. The Labute approximate surface area is 117 Å². The van der Waals surface area contributed by atoms with Crippen LogP contribution in [0.4, 0.5) is 5.69 Å². The fourth-order valence-electron chi connectivity index (χ4n) is 2.05. The van der Waals surface area contributed by atoms with E-state index in [1.807, 2.05) is 35.0 Å². The lowest BCUT2D eigenvalue weighted by Crippen LogP contribution is -2.30. The van der Waals surface area contributed by atoms with Gasteiger partial charge in [-0.25, -0.2) is 0 Å². The molecule has 1 aromatic carbocycles. The number of carbonyl (C=O) groups is 1. The van der Waals surface area contributed by atoms with Crippen LogP contribution in [0.2, 0.25) is 0 Å². The summed E-state index contributed by atoms with van der Waals surface area (Å²) in [6.45, 7) is 5.98. The molecule has 1 fully saturated rings. The van der Waals surface area contributed by atoms with Gasteiger partial charge >= 0.3 is 0 Å². The van der Waals surface area contributed by atoms with E-state index >= 15 is 0 Å². The number of carbonyl (C=O) groups excluding carboxylic acids is 1. The molecule has 6 heteroatoms. The molecule has 2 rings (SSSR count). The van der Waals surface area contributed by atoms with Crippen molar-refractivity contribution >= 4 is 40.3 Å². The van der Waals surface area contributed by atoms with Gasteiger partial charge in [0.1, 0.15) is 0 Å². The van der Waals surface area contributed by atoms with Gasteiger partial charge in [0.05, 0.1) is 11.4 Å². The average molecular weight is 300 g/mol. The molecular weight excluding hydrogens is 283 g/mol. The van der Waals surface area contributed by atoms with Crippen molar-refractivity contribution in [3.63, 3.8) is 0 Å². The summed E-state index contributed by atoms with van der Waals surface area (Å²) in [6, 6.07) is 9.79. The first-order valence-corrected chi connectivity index (χ1v) is 10.3. The number of anilines is 1. The van der Waals surface area contributed by atoms with Crippen LogP contribution in [0.3, 0.4) is 0 Å². The Bertz CT molecular complexity index is 476. The zero-order valence-corrected chi connectivity index (χ0v) is 13.1. The molecule has 1 saturated heterocycles. The van der Waals surface area contributed by atoms with Crippen molar-refractivity contribution in [2.45, 2.75) is 13.8 Å². The van der Waals surface area contributed by atoms with Crippen LogP contribution in [-0.4, -0.2) is 29.4 Å². The van der Waals surface area contributed by atoms with Crippen molar-refractivity contribution in [1.29, 1.82) is 0 Å². The third-order valence-corrected chi connectivity index (χ3v) is 10.6. The van der Waals surface area contributed by atoms with E-state index in [4.69, 9.17) is 11.8 Å². The number of rotatable bonds is 4. The minimum absolute atomic E-state index is 0.140. The van der Waals surface area contributed by atoms with E-state index in [2.05, 4.69) is 18.5 Å². The molecule has 0 aromatic heterocycles. The van der Waals surface area contributed by atoms with Gasteiger partial charge in [-0.05, 0) is 23.9 Å². The maximum absolute atomic E-state index is 12.2. The molecule has 0 saturated carbocycles. The van der Waals surface area contributed by atoms with Crippen LogP contribution in [-0.2, 0) is 16.6 Å². The number of hydrogen-bond acceptors (Lipinski definition) is 3. The molecule has 1 aromatic rings. The zero-order chi connectivity index (χ0) is 13.2. The fraction of sp³-hybridized carbons (Fsp3) is 0.417. The number of benzene rings is 1. The Morgan fingerprint density at radius 1 is 1.33 bits per heavy atom. The van der Waals surface area contributed by atoms with E-state index in [1.165, 1.54) is 0 Å². The minimum Gasteiger partial charge on any atom is -0.273 e. The van der Waals surface area contributed by atoms with Gasteiger partial charge in [0, 0.05) is 13.1 Å². The normalized spacial score (nSPS) is 23.9. The van der Waals surface area contributed by atoms with Gasteiger partial charge in [-0.1, -0.05) is 43.4 Å². The third kappa shape index (κ3) is 2.37. The molecule has 18 heavy (non-hydrogen) atoms. The molecule has 3 nitrogen and oxygen atoms in total. The predicted octanol–water partition coefficient (Wildman–Crippen LogP) is 3.33. The lowest BCUT2D eigenvalue weighted by molar-refractivity contribution is -0.114. The van der Waals surface area contributed by atoms with E-state index in [0.717, 1.165) is 18.8 Å². The molecule has 0 spiro atoms. The van der Waals surface area contributed by atoms with Crippen LogP contribution < -0.4 is 4.67 Å². The van der Waals surface area contributed by atoms with Crippen molar-refractivity contribution in [1.82, 2.24) is 4.67 Å². The first-order chi connectivity index (χ1) is 8.63. The van der Waals surface area contributed by atoms with Crippen LogP contribution in [0, 0.1) is 0 Å². The first-order valence-electron chi connectivity index (χ1n) is 6.02. The summed E-state index contributed by atoms with van der Waals surface area (Å²) in [4.78, 5) is 12.2. The summed E-state index contributed by atoms with van der Waals surface area (Å²) in [5, 5.41) is 0. The Morgan fingerprint density at radius 2 is 1.94 bits per heavy atom. The lowest BCUT2D eigenvalue weighted by atomic mass is 10.3. The van der Waals surface area contributed by atoms with Crippen LogP contribution in [0.5, 0.6) is 0 Å². The van der Waals surface area contributed by atoms with Crippen molar-refractivity contribution < 1.29 is 4.79 Å². The summed E-state index contributed by atoms with van der Waals surface area (Å²) < 4.78 is 4.12. The highest BCUT2D eigenvalue weighted by Gasteiger charge is 2.42. The van der Waals surface area contributed by atoms with E-state index in [9.17, 15) is 4.79 Å². The van der Waals surface area contributed by atoms with Crippen molar-refractivity contribution in [2.75, 3.05) is 23.5 Å². The standard InChI is InChI=1S/C12H17N2OPS2/c1-3-13(4-2)16(17)14(12(15)10-18-16)11-8-6-5-7-9-11/h5-9H,3-4,10H2,1-2H3. The lowest BCUT2D eigenvalue weighted by Gasteiger charge is -2.35. The number of amides is 1. The van der Waals surface area contributed by atoms with Gasteiger partial charge in [0.25, 0.3) is 0 Å². The molecule has 0 bridgehead atoms. The largest absolute Gasteiger partial charge is 0.273 e. The van der Waals surface area contributed by atoms with Gasteiger partial charge in [0.15, 0.2) is 5.54 Å². The average Bonchev–Trinajstić information content (AvgIpc) is 2.68. The summed E-state index contributed by atoms with van der Waals surface area (Å²) in [5.41, 5.74) is -1.07. The van der Waals surface area contributed by atoms with Gasteiger partial charge in [0.2, 0.25) is 5.91 Å². The summed E-state index contributed by atoms with van der Waals surface area (Å²) in [5.74, 6) is 0.643. The highest BCUT2D eigenvalue weighted by atomic mass is 32.9. The van der Waals surface area contributed by atoms with Crippen molar-refractivity contribution in [3.05, 3.63) is 30.3 Å². The van der Waals surface area contributed by atoms with E-state index < -0.39 is 5.54 Å². The van der Waals surface area contributed by atoms with Crippen LogP contribution >= 0.6 is 16.9 Å². The highest BCUT2D eigenvalue weighted by Crippen LogP contribution is 2.69. The monoisotopic (exact) mass is 300 g/mol. The zero-order valence-electron chi connectivity index (χ0n) is 10.6. The van der Waals surface area contributed by atoms with Crippen LogP contribution in [0.15, 0.2) is 30.3 Å². The van der Waals surface area contributed by atoms with Crippen LogP contribution in [0.1, 0.15) is 13.8 Å². The molecule has 1 aliphatic rings. The van der Waals surface area contributed by atoms with Gasteiger partial charge in [-0.3, -0.25) is 14.1 Å². The number of para-hydroxylation sites is 1. The minimum atomic E-state index is -2.00. The van der Waals surface area contributed by atoms with E-state index in [1.54, 1.807) is 11.4 Å². The molecule has 0 aliphatic carbocycles. The quantitative estimate of drug-likeness (QED) is 0.796. The highest BCUT2D eigenvalue weighted by molar-refractivity contribution is 8.71. The first kappa shape index (κ1) is 14.1. The smallest absolute Gasteiger partial charge is 0.242 e. The van der Waals surface area contributed by atoms with Gasteiger partial charge < -0.3 is 0 Å². The number of nitrogens with zero attached hydrogens (tertiary/aromatic N) is 2. The molecular formula is C12H17N2OPS2. The molecule has 1 atom stereocenters. The van der Waals surface area contributed by atoms with Gasteiger partial charge in [-0.2, -0.15) is 0 Å². The predicted molar refractivity (Wildman–Crippen MR) is 83.6 cm³/mol. The Balaban J connectivity index is 2.42. The second-order valence-electron chi connectivity index (χ2n) is 3.94. The third-order valence-electron chi connectivity index (χ3n) is 2.93. The maximum atomic E-state index is 12.2. The molecule has 0 radical (unpaired) electrons. The van der Waals surface area contributed by atoms with Gasteiger partial charge in [-0.15, -0.1) is 0 Å². The Hall–Kier alpha value is -0.350. The SMILES string of the molecule is CCN(CC)P1(=S)SCC(=O)N1c1ccccc1. The number of hydrogen-bond donors (Lipinski definition) is 0. The van der Waals surface area contributed by atoms with Crippen molar-refractivity contribution in [2.24, 2.45) is 0 Å². The van der Waals surface area contributed by atoms with Crippen molar-refractivity contribution in [3.8, 4) is 0 Å². The molecule has 98 valence electrons. The topological polar surface area (TPSA) is 23.6 Å². The Morgan fingerprint density at radius 3 is 2.50 bits per heavy atom. The molecule has 1 aliphatic heterocycles. The molecule has 1 unspecified atom stereocenters. The molecule has 1 amide bonds. The molecule has 1 heterocycles. The second kappa shape index (κ2) is 5.74. The van der Waals surface area contributed by atoms with E-state index in [0.29, 0.717) is 5.75 Å². The summed E-state index contributed by atoms with van der Waals surface area (Å²) in [7, 11) is 0. The summed E-state index contributed by atoms with van der Waals surface area (Å²) in [6.07, 6.45) is 0. The Kier molecular flexibility index (Phi) is 4.49. The van der Waals surface area contributed by atoms with Crippen LogP contribution in [0.25, 0.3) is 0 Å². The summed E-state index contributed by atoms with van der Waals surface area (Å²) >= 11 is 7.51.